The van der Waals surface area contributed by atoms with E-state index in [0.29, 0.717) is 12.2 Å². The fourth-order valence-corrected chi connectivity index (χ4v) is 3.25. The number of carbonyl (C=O) groups excluding carboxylic acids is 1. The van der Waals surface area contributed by atoms with E-state index in [1.165, 1.54) is 0 Å². The van der Waals surface area contributed by atoms with Crippen LogP contribution in [0.5, 0.6) is 11.5 Å². The molecule has 0 unspecified atom stereocenters. The standard InChI is InChI=1S/C22H27NO3/c1-14-6-9-17(10-7-14)25-16(3)21(24)23-19-13-22(4,5)26-20-12-15(2)8-11-18(19)20/h6-12,16,19H,13H2,1-5H3,(H,23,24)/t16-,19+/m0/s1. The van der Waals surface area contributed by atoms with Crippen LogP contribution in [0, 0.1) is 13.8 Å². The lowest BCUT2D eigenvalue weighted by Gasteiger charge is -2.38. The van der Waals surface area contributed by atoms with Crippen LogP contribution in [0.25, 0.3) is 0 Å². The number of carbonyl (C=O) groups is 1. The van der Waals surface area contributed by atoms with E-state index in [4.69, 9.17) is 9.47 Å². The summed E-state index contributed by atoms with van der Waals surface area (Å²) in [7, 11) is 0. The van der Waals surface area contributed by atoms with Gasteiger partial charge in [0, 0.05) is 12.0 Å². The van der Waals surface area contributed by atoms with Gasteiger partial charge in [-0.2, -0.15) is 0 Å². The monoisotopic (exact) mass is 353 g/mol. The molecule has 1 heterocycles. The molecular weight excluding hydrogens is 326 g/mol. The summed E-state index contributed by atoms with van der Waals surface area (Å²) in [5.41, 5.74) is 2.99. The van der Waals surface area contributed by atoms with E-state index in [2.05, 4.69) is 5.32 Å². The topological polar surface area (TPSA) is 47.6 Å². The number of nitrogens with one attached hydrogen (secondary N) is 1. The maximum Gasteiger partial charge on any atom is 0.261 e. The number of aryl methyl sites for hydroxylation is 2. The number of hydrogen-bond acceptors (Lipinski definition) is 3. The molecule has 0 aliphatic carbocycles. The summed E-state index contributed by atoms with van der Waals surface area (Å²) in [6, 6.07) is 13.7. The Morgan fingerprint density at radius 3 is 2.50 bits per heavy atom. The molecule has 0 saturated carbocycles. The highest BCUT2D eigenvalue weighted by Gasteiger charge is 2.35. The second kappa shape index (κ2) is 7.02. The number of ether oxygens (including phenoxy) is 2. The number of hydrogen-bond donors (Lipinski definition) is 1. The Hall–Kier alpha value is -2.49. The van der Waals surface area contributed by atoms with Gasteiger partial charge in [-0.1, -0.05) is 29.8 Å². The molecule has 1 aliphatic heterocycles. The van der Waals surface area contributed by atoms with E-state index < -0.39 is 6.10 Å². The first-order valence-corrected chi connectivity index (χ1v) is 9.07. The Kier molecular flexibility index (Phi) is 4.94. The zero-order valence-electron chi connectivity index (χ0n) is 16.1. The Morgan fingerprint density at radius 2 is 1.81 bits per heavy atom. The van der Waals surface area contributed by atoms with E-state index in [1.807, 2.05) is 70.2 Å². The zero-order chi connectivity index (χ0) is 18.9. The van der Waals surface area contributed by atoms with Crippen LogP contribution in [0.15, 0.2) is 42.5 Å². The first-order chi connectivity index (χ1) is 12.2. The quantitative estimate of drug-likeness (QED) is 0.881. The van der Waals surface area contributed by atoms with Gasteiger partial charge in [-0.25, -0.2) is 0 Å². The lowest BCUT2D eigenvalue weighted by atomic mass is 9.89. The molecule has 2 aromatic rings. The van der Waals surface area contributed by atoms with Gasteiger partial charge in [0.05, 0.1) is 6.04 Å². The molecule has 0 spiro atoms. The van der Waals surface area contributed by atoms with Crippen molar-refractivity contribution >= 4 is 5.91 Å². The molecule has 4 heteroatoms. The van der Waals surface area contributed by atoms with E-state index in [9.17, 15) is 4.79 Å². The van der Waals surface area contributed by atoms with Crippen molar-refractivity contribution in [2.75, 3.05) is 0 Å². The van der Waals surface area contributed by atoms with Gasteiger partial charge in [-0.3, -0.25) is 4.79 Å². The van der Waals surface area contributed by atoms with Crippen LogP contribution in [0.4, 0.5) is 0 Å². The highest BCUT2D eigenvalue weighted by Crippen LogP contribution is 2.39. The summed E-state index contributed by atoms with van der Waals surface area (Å²) >= 11 is 0. The highest BCUT2D eigenvalue weighted by atomic mass is 16.5. The van der Waals surface area contributed by atoms with E-state index in [-0.39, 0.29) is 17.6 Å². The molecule has 0 radical (unpaired) electrons. The molecule has 1 aliphatic rings. The summed E-state index contributed by atoms with van der Waals surface area (Å²) in [6.07, 6.45) is 0.143. The van der Waals surface area contributed by atoms with Crippen molar-refractivity contribution in [3.8, 4) is 11.5 Å². The van der Waals surface area contributed by atoms with Gasteiger partial charge in [-0.05, 0) is 58.4 Å². The van der Waals surface area contributed by atoms with Gasteiger partial charge in [0.25, 0.3) is 5.91 Å². The number of rotatable bonds is 4. The van der Waals surface area contributed by atoms with Crippen molar-refractivity contribution in [3.63, 3.8) is 0 Å². The average Bonchev–Trinajstić information content (AvgIpc) is 2.55. The van der Waals surface area contributed by atoms with Gasteiger partial charge in [0.2, 0.25) is 0 Å². The van der Waals surface area contributed by atoms with E-state index in [1.54, 1.807) is 6.92 Å². The second-order valence-corrected chi connectivity index (χ2v) is 7.74. The Bertz CT molecular complexity index is 796. The molecule has 0 bridgehead atoms. The van der Waals surface area contributed by atoms with Crippen LogP contribution in [-0.2, 0) is 4.79 Å². The third-order valence-electron chi connectivity index (χ3n) is 4.65. The molecule has 0 fully saturated rings. The summed E-state index contributed by atoms with van der Waals surface area (Å²) in [5, 5.41) is 3.14. The molecule has 138 valence electrons. The minimum Gasteiger partial charge on any atom is -0.487 e. The van der Waals surface area contributed by atoms with Crippen molar-refractivity contribution in [2.45, 2.75) is 58.8 Å². The smallest absolute Gasteiger partial charge is 0.261 e. The molecule has 0 aromatic heterocycles. The van der Waals surface area contributed by atoms with Gasteiger partial charge < -0.3 is 14.8 Å². The minimum absolute atomic E-state index is 0.0917. The highest BCUT2D eigenvalue weighted by molar-refractivity contribution is 5.81. The maximum atomic E-state index is 12.7. The maximum absolute atomic E-state index is 12.7. The van der Waals surface area contributed by atoms with Gasteiger partial charge >= 0.3 is 0 Å². The average molecular weight is 353 g/mol. The fraction of sp³-hybridized carbons (Fsp3) is 0.409. The molecule has 2 aromatic carbocycles. The van der Waals surface area contributed by atoms with Crippen molar-refractivity contribution in [3.05, 3.63) is 59.2 Å². The van der Waals surface area contributed by atoms with E-state index in [0.717, 1.165) is 22.4 Å². The molecule has 2 atom stereocenters. The lowest BCUT2D eigenvalue weighted by Crippen LogP contribution is -2.44. The largest absolute Gasteiger partial charge is 0.487 e. The number of fused-ring (bicyclic) bond motifs is 1. The summed E-state index contributed by atoms with van der Waals surface area (Å²) in [4.78, 5) is 12.7. The van der Waals surface area contributed by atoms with Crippen molar-refractivity contribution in [1.82, 2.24) is 5.32 Å². The van der Waals surface area contributed by atoms with Crippen LogP contribution >= 0.6 is 0 Å². The molecule has 0 saturated heterocycles. The zero-order valence-corrected chi connectivity index (χ0v) is 16.1. The predicted octanol–water partition coefficient (Wildman–Crippen LogP) is 4.49. The first-order valence-electron chi connectivity index (χ1n) is 9.07. The van der Waals surface area contributed by atoms with Crippen LogP contribution in [0.2, 0.25) is 0 Å². The summed E-state index contributed by atoms with van der Waals surface area (Å²) < 4.78 is 11.9. The molecule has 26 heavy (non-hydrogen) atoms. The van der Waals surface area contributed by atoms with Crippen molar-refractivity contribution in [1.29, 1.82) is 0 Å². The van der Waals surface area contributed by atoms with Crippen LogP contribution < -0.4 is 14.8 Å². The predicted molar refractivity (Wildman–Crippen MR) is 103 cm³/mol. The normalized spacial score (nSPS) is 19.0. The molecule has 1 N–H and O–H groups in total. The molecule has 4 nitrogen and oxygen atoms in total. The molecule has 3 rings (SSSR count). The second-order valence-electron chi connectivity index (χ2n) is 7.74. The summed E-state index contributed by atoms with van der Waals surface area (Å²) in [6.45, 7) is 9.92. The van der Waals surface area contributed by atoms with Gasteiger partial charge in [0.1, 0.15) is 17.1 Å². The van der Waals surface area contributed by atoms with Crippen LogP contribution in [0.1, 0.15) is 49.9 Å². The van der Waals surface area contributed by atoms with Gasteiger partial charge in [0.15, 0.2) is 6.10 Å². The third kappa shape index (κ3) is 4.18. The molecule has 1 amide bonds. The minimum atomic E-state index is -0.572. The van der Waals surface area contributed by atoms with Crippen molar-refractivity contribution < 1.29 is 14.3 Å². The van der Waals surface area contributed by atoms with Crippen molar-refractivity contribution in [2.24, 2.45) is 0 Å². The van der Waals surface area contributed by atoms with Gasteiger partial charge in [-0.15, -0.1) is 0 Å². The van der Waals surface area contributed by atoms with Crippen LogP contribution in [-0.4, -0.2) is 17.6 Å². The third-order valence-corrected chi connectivity index (χ3v) is 4.65. The van der Waals surface area contributed by atoms with E-state index >= 15 is 0 Å². The lowest BCUT2D eigenvalue weighted by molar-refractivity contribution is -0.128. The fourth-order valence-electron chi connectivity index (χ4n) is 3.25. The Morgan fingerprint density at radius 1 is 1.15 bits per heavy atom. The number of benzene rings is 2. The Balaban J connectivity index is 1.73. The molecular formula is C22H27NO3. The van der Waals surface area contributed by atoms with Crippen LogP contribution in [0.3, 0.4) is 0 Å². The SMILES string of the molecule is Cc1ccc(O[C@@H](C)C(=O)N[C@@H]2CC(C)(C)Oc3cc(C)ccc32)cc1. The Labute approximate surface area is 155 Å². The number of amides is 1. The summed E-state index contributed by atoms with van der Waals surface area (Å²) in [5.74, 6) is 1.42. The first kappa shape index (κ1) is 18.3.